The highest BCUT2D eigenvalue weighted by Crippen LogP contribution is 2.23. The zero-order valence-electron chi connectivity index (χ0n) is 18.4. The van der Waals surface area contributed by atoms with Gasteiger partial charge in [-0.25, -0.2) is 0 Å². The van der Waals surface area contributed by atoms with E-state index in [9.17, 15) is 0 Å². The first-order chi connectivity index (χ1) is 14.8. The maximum atomic E-state index is 5.43. The van der Waals surface area contributed by atoms with Gasteiger partial charge in [0.2, 0.25) is 0 Å². The van der Waals surface area contributed by atoms with Crippen LogP contribution in [0, 0.1) is 0 Å². The Hall–Kier alpha value is -2.47. The molecule has 0 spiro atoms. The van der Waals surface area contributed by atoms with Crippen LogP contribution in [0.4, 0.5) is 5.69 Å². The van der Waals surface area contributed by atoms with E-state index in [4.69, 9.17) is 14.1 Å². The third kappa shape index (κ3) is 7.10. The van der Waals surface area contributed by atoms with Crippen LogP contribution >= 0.6 is 0 Å². The van der Waals surface area contributed by atoms with E-state index in [1.54, 1.807) is 6.26 Å². The van der Waals surface area contributed by atoms with Gasteiger partial charge < -0.3 is 24.7 Å². The third-order valence-electron chi connectivity index (χ3n) is 5.36. The molecule has 1 aromatic carbocycles. The van der Waals surface area contributed by atoms with E-state index in [0.29, 0.717) is 0 Å². The highest BCUT2D eigenvalue weighted by atomic mass is 16.5. The van der Waals surface area contributed by atoms with Gasteiger partial charge in [-0.3, -0.25) is 4.99 Å². The van der Waals surface area contributed by atoms with Crippen molar-refractivity contribution in [1.82, 2.24) is 10.6 Å². The van der Waals surface area contributed by atoms with Gasteiger partial charge in [0.05, 0.1) is 12.3 Å². The molecule has 30 heavy (non-hydrogen) atoms. The highest BCUT2D eigenvalue weighted by Gasteiger charge is 2.14. The molecule has 0 amide bonds. The Balaban J connectivity index is 1.58. The monoisotopic (exact) mass is 412 g/mol. The molecule has 1 aliphatic heterocycles. The lowest BCUT2D eigenvalue weighted by Crippen LogP contribution is -2.40. The van der Waals surface area contributed by atoms with E-state index in [1.165, 1.54) is 24.1 Å². The van der Waals surface area contributed by atoms with Gasteiger partial charge in [-0.1, -0.05) is 12.1 Å². The average molecular weight is 413 g/mol. The van der Waals surface area contributed by atoms with Crippen molar-refractivity contribution >= 4 is 11.6 Å². The second-order valence-electron chi connectivity index (χ2n) is 7.69. The maximum absolute atomic E-state index is 5.43. The second kappa shape index (κ2) is 12.3. The summed E-state index contributed by atoms with van der Waals surface area (Å²) in [6.45, 7) is 9.52. The number of anilines is 1. The largest absolute Gasteiger partial charge is 0.469 e. The number of ether oxygens (including phenoxy) is 1. The van der Waals surface area contributed by atoms with E-state index in [2.05, 4.69) is 46.7 Å². The summed E-state index contributed by atoms with van der Waals surface area (Å²) < 4.78 is 10.9. The molecule has 0 saturated carbocycles. The lowest BCUT2D eigenvalue weighted by atomic mass is 10.1. The molecular weight excluding hydrogens is 376 g/mol. The summed E-state index contributed by atoms with van der Waals surface area (Å²) in [6.07, 6.45) is 6.03. The Morgan fingerprint density at radius 2 is 2.10 bits per heavy atom. The molecule has 1 atom stereocenters. The van der Waals surface area contributed by atoms with Gasteiger partial charge in [0.15, 0.2) is 5.96 Å². The van der Waals surface area contributed by atoms with Crippen molar-refractivity contribution in [2.24, 2.45) is 4.99 Å². The van der Waals surface area contributed by atoms with Crippen molar-refractivity contribution in [3.8, 4) is 0 Å². The number of nitrogens with one attached hydrogen (secondary N) is 2. The molecule has 1 unspecified atom stereocenters. The van der Waals surface area contributed by atoms with Crippen LogP contribution in [0.25, 0.3) is 0 Å². The van der Waals surface area contributed by atoms with Crippen molar-refractivity contribution < 1.29 is 9.15 Å². The number of rotatable bonds is 11. The molecule has 1 fully saturated rings. The molecule has 6 nitrogen and oxygen atoms in total. The van der Waals surface area contributed by atoms with E-state index in [1.807, 2.05) is 19.1 Å². The maximum Gasteiger partial charge on any atom is 0.191 e. The number of hydrogen-bond donors (Lipinski definition) is 2. The zero-order valence-corrected chi connectivity index (χ0v) is 18.4. The minimum atomic E-state index is 0.161. The minimum Gasteiger partial charge on any atom is -0.469 e. The van der Waals surface area contributed by atoms with E-state index >= 15 is 0 Å². The molecule has 2 aromatic rings. The van der Waals surface area contributed by atoms with Crippen molar-refractivity contribution in [1.29, 1.82) is 0 Å². The van der Waals surface area contributed by atoms with Gasteiger partial charge in [0.1, 0.15) is 5.76 Å². The topological polar surface area (TPSA) is 62.0 Å². The van der Waals surface area contributed by atoms with Gasteiger partial charge in [-0.05, 0) is 62.9 Å². The Morgan fingerprint density at radius 3 is 2.87 bits per heavy atom. The molecule has 2 N–H and O–H groups in total. The Labute approximate surface area is 180 Å². The molecule has 0 aliphatic carbocycles. The van der Waals surface area contributed by atoms with Crippen molar-refractivity contribution in [3.05, 3.63) is 54.0 Å². The van der Waals surface area contributed by atoms with Crippen LogP contribution in [0.2, 0.25) is 0 Å². The molecule has 0 radical (unpaired) electrons. The number of hydrogen-bond acceptors (Lipinski definition) is 4. The van der Waals surface area contributed by atoms with E-state index < -0.39 is 0 Å². The first kappa shape index (κ1) is 22.2. The Bertz CT molecular complexity index is 754. The lowest BCUT2D eigenvalue weighted by molar-refractivity contribution is 0.146. The highest BCUT2D eigenvalue weighted by molar-refractivity contribution is 5.80. The minimum absolute atomic E-state index is 0.161. The van der Waals surface area contributed by atoms with Crippen molar-refractivity contribution in [3.63, 3.8) is 0 Å². The molecular formula is C24H36N4O2. The Kier molecular flexibility index (Phi) is 9.09. The number of guanidine groups is 1. The summed E-state index contributed by atoms with van der Waals surface area (Å²) in [5.41, 5.74) is 2.59. The summed E-state index contributed by atoms with van der Waals surface area (Å²) in [6, 6.07) is 12.9. The predicted octanol–water partition coefficient (Wildman–Crippen LogP) is 4.15. The molecule has 1 aliphatic rings. The van der Waals surface area contributed by atoms with Crippen LogP contribution in [0.5, 0.6) is 0 Å². The number of nitrogens with zero attached hydrogens (tertiary/aromatic N) is 2. The van der Waals surface area contributed by atoms with Crippen molar-refractivity contribution in [2.75, 3.05) is 44.3 Å². The summed E-state index contributed by atoms with van der Waals surface area (Å²) in [5, 5.41) is 7.02. The van der Waals surface area contributed by atoms with Gasteiger partial charge in [0, 0.05) is 51.5 Å². The first-order valence-corrected chi connectivity index (χ1v) is 11.3. The molecule has 0 bridgehead atoms. The fourth-order valence-electron chi connectivity index (χ4n) is 3.67. The van der Waals surface area contributed by atoms with Gasteiger partial charge in [-0.15, -0.1) is 0 Å². The van der Waals surface area contributed by atoms with Crippen LogP contribution in [-0.2, 0) is 11.2 Å². The number of furan rings is 1. The summed E-state index contributed by atoms with van der Waals surface area (Å²) in [5.74, 6) is 1.81. The molecule has 2 heterocycles. The molecule has 164 valence electrons. The predicted molar refractivity (Wildman–Crippen MR) is 123 cm³/mol. The van der Waals surface area contributed by atoms with Gasteiger partial charge in [-0.2, -0.15) is 0 Å². The Morgan fingerprint density at radius 1 is 1.23 bits per heavy atom. The van der Waals surface area contributed by atoms with Gasteiger partial charge in [0.25, 0.3) is 0 Å². The standard InChI is InChI=1S/C24H36N4O2/c1-3-29-17-8-13-25-24(26-14-12-23-11-7-18-30-23)27-20(2)21-9-6-10-22(19-21)28-15-4-5-16-28/h6-7,9-11,18-20H,3-5,8,12-17H2,1-2H3,(H2,25,26,27). The zero-order chi connectivity index (χ0) is 21.0. The second-order valence-corrected chi connectivity index (χ2v) is 7.69. The molecule has 1 aromatic heterocycles. The van der Waals surface area contributed by atoms with Crippen LogP contribution in [0.3, 0.4) is 0 Å². The van der Waals surface area contributed by atoms with Gasteiger partial charge >= 0.3 is 0 Å². The van der Waals surface area contributed by atoms with Crippen LogP contribution in [-0.4, -0.2) is 45.4 Å². The van der Waals surface area contributed by atoms with Crippen LogP contribution in [0.15, 0.2) is 52.1 Å². The number of benzene rings is 1. The fourth-order valence-corrected chi connectivity index (χ4v) is 3.67. The molecule has 6 heteroatoms. The molecule has 3 rings (SSSR count). The smallest absolute Gasteiger partial charge is 0.191 e. The molecule has 1 saturated heterocycles. The van der Waals surface area contributed by atoms with E-state index in [-0.39, 0.29) is 6.04 Å². The average Bonchev–Trinajstić information content (AvgIpc) is 3.48. The normalized spacial score (nSPS) is 15.4. The fraction of sp³-hybridized carbons (Fsp3) is 0.542. The van der Waals surface area contributed by atoms with Crippen LogP contribution in [0.1, 0.15) is 50.5 Å². The SMILES string of the molecule is CCOCCCN=C(NCCc1ccco1)NC(C)c1cccc(N2CCCC2)c1. The quantitative estimate of drug-likeness (QED) is 0.330. The first-order valence-electron chi connectivity index (χ1n) is 11.3. The van der Waals surface area contributed by atoms with Crippen LogP contribution < -0.4 is 15.5 Å². The lowest BCUT2D eigenvalue weighted by Gasteiger charge is -2.22. The third-order valence-corrected chi connectivity index (χ3v) is 5.36. The van der Waals surface area contributed by atoms with Crippen molar-refractivity contribution in [2.45, 2.75) is 45.6 Å². The summed E-state index contributed by atoms with van der Waals surface area (Å²) in [7, 11) is 0. The summed E-state index contributed by atoms with van der Waals surface area (Å²) in [4.78, 5) is 7.23. The summed E-state index contributed by atoms with van der Waals surface area (Å²) >= 11 is 0. The van der Waals surface area contributed by atoms with E-state index in [0.717, 1.165) is 64.0 Å². The number of aliphatic imine (C=N–C) groups is 1.